The van der Waals surface area contributed by atoms with E-state index >= 15 is 0 Å². The average molecular weight is 238 g/mol. The maximum Gasteiger partial charge on any atom is 0.229 e. The second kappa shape index (κ2) is 5.60. The van der Waals surface area contributed by atoms with Crippen LogP contribution in [0.5, 0.6) is 0 Å². The molecule has 2 heterocycles. The van der Waals surface area contributed by atoms with Crippen molar-refractivity contribution >= 4 is 0 Å². The lowest BCUT2D eigenvalue weighted by atomic mass is 10.0. The maximum absolute atomic E-state index is 5.79. The Bertz CT molecular complexity index is 350. The van der Waals surface area contributed by atoms with Crippen LogP contribution in [0.25, 0.3) is 0 Å². The van der Waals surface area contributed by atoms with E-state index in [0.717, 1.165) is 31.3 Å². The molecule has 5 nitrogen and oxygen atoms in total. The molecule has 1 unspecified atom stereocenters. The summed E-state index contributed by atoms with van der Waals surface area (Å²) in [6.45, 7) is 6.68. The molecule has 1 aliphatic rings. The minimum Gasteiger partial charge on any atom is -0.339 e. The highest BCUT2D eigenvalue weighted by Gasteiger charge is 2.23. The average Bonchev–Trinajstić information content (AvgIpc) is 2.78. The van der Waals surface area contributed by atoms with Gasteiger partial charge in [-0.05, 0) is 19.4 Å². The Morgan fingerprint density at radius 3 is 2.94 bits per heavy atom. The van der Waals surface area contributed by atoms with Crippen molar-refractivity contribution in [2.24, 2.45) is 5.73 Å². The Balaban J connectivity index is 1.98. The smallest absolute Gasteiger partial charge is 0.229 e. The Kier molecular flexibility index (Phi) is 4.12. The molecule has 1 atom stereocenters. The van der Waals surface area contributed by atoms with Crippen molar-refractivity contribution in [2.75, 3.05) is 13.1 Å². The van der Waals surface area contributed by atoms with Crippen LogP contribution in [0.2, 0.25) is 0 Å². The van der Waals surface area contributed by atoms with E-state index in [9.17, 15) is 0 Å². The highest BCUT2D eigenvalue weighted by molar-refractivity contribution is 4.92. The lowest BCUT2D eigenvalue weighted by Gasteiger charge is -2.33. The molecule has 0 amide bonds. The van der Waals surface area contributed by atoms with Crippen molar-refractivity contribution in [3.63, 3.8) is 0 Å². The lowest BCUT2D eigenvalue weighted by molar-refractivity contribution is 0.140. The fourth-order valence-corrected chi connectivity index (χ4v) is 2.28. The third-order valence-corrected chi connectivity index (χ3v) is 3.34. The van der Waals surface area contributed by atoms with Gasteiger partial charge in [0, 0.05) is 18.5 Å². The van der Waals surface area contributed by atoms with Gasteiger partial charge in [0.2, 0.25) is 5.89 Å². The van der Waals surface area contributed by atoms with Gasteiger partial charge in [0.25, 0.3) is 0 Å². The summed E-state index contributed by atoms with van der Waals surface area (Å²) in [6, 6.07) is 0.477. The molecule has 0 bridgehead atoms. The lowest BCUT2D eigenvalue weighted by Crippen LogP contribution is -2.43. The van der Waals surface area contributed by atoms with Gasteiger partial charge >= 0.3 is 0 Å². The van der Waals surface area contributed by atoms with Crippen LogP contribution in [0.4, 0.5) is 0 Å². The summed E-state index contributed by atoms with van der Waals surface area (Å²) in [4.78, 5) is 6.79. The highest BCUT2D eigenvalue weighted by atomic mass is 16.5. The van der Waals surface area contributed by atoms with Crippen molar-refractivity contribution < 1.29 is 4.52 Å². The fourth-order valence-electron chi connectivity index (χ4n) is 2.28. The minimum absolute atomic E-state index is 0.294. The highest BCUT2D eigenvalue weighted by Crippen LogP contribution is 2.19. The van der Waals surface area contributed by atoms with Crippen molar-refractivity contribution in [3.05, 3.63) is 11.7 Å². The first-order valence-corrected chi connectivity index (χ1v) is 6.47. The van der Waals surface area contributed by atoms with Crippen LogP contribution in [-0.4, -0.2) is 34.2 Å². The van der Waals surface area contributed by atoms with Gasteiger partial charge in [-0.15, -0.1) is 0 Å². The van der Waals surface area contributed by atoms with Gasteiger partial charge in [-0.25, -0.2) is 0 Å². The van der Waals surface area contributed by atoms with Gasteiger partial charge < -0.3 is 10.3 Å². The Labute approximate surface area is 102 Å². The van der Waals surface area contributed by atoms with Gasteiger partial charge in [-0.1, -0.05) is 25.4 Å². The summed E-state index contributed by atoms with van der Waals surface area (Å²) in [6.07, 6.45) is 3.71. The third-order valence-electron chi connectivity index (χ3n) is 3.34. The largest absolute Gasteiger partial charge is 0.339 e. The molecular formula is C12H22N4O. The second-order valence-corrected chi connectivity index (χ2v) is 5.06. The fraction of sp³-hybridized carbons (Fsp3) is 0.833. The molecule has 0 saturated carbocycles. The molecule has 1 fully saturated rings. The normalized spacial score (nSPS) is 22.2. The number of piperidine rings is 1. The van der Waals surface area contributed by atoms with E-state index in [4.69, 9.17) is 10.3 Å². The topological polar surface area (TPSA) is 68.2 Å². The summed E-state index contributed by atoms with van der Waals surface area (Å²) < 4.78 is 5.22. The van der Waals surface area contributed by atoms with Crippen LogP contribution in [0, 0.1) is 0 Å². The van der Waals surface area contributed by atoms with Crippen LogP contribution in [0.15, 0.2) is 4.52 Å². The van der Waals surface area contributed by atoms with E-state index in [0.29, 0.717) is 12.0 Å². The zero-order chi connectivity index (χ0) is 12.3. The van der Waals surface area contributed by atoms with Crippen LogP contribution in [0.3, 0.4) is 0 Å². The predicted molar refractivity (Wildman–Crippen MR) is 65.5 cm³/mol. The number of nitrogens with zero attached hydrogens (tertiary/aromatic N) is 3. The molecule has 1 aromatic heterocycles. The Morgan fingerprint density at radius 1 is 1.47 bits per heavy atom. The first-order chi connectivity index (χ1) is 8.20. The second-order valence-electron chi connectivity index (χ2n) is 5.06. The molecule has 2 rings (SSSR count). The maximum atomic E-state index is 5.79. The van der Waals surface area contributed by atoms with E-state index in [1.807, 2.05) is 0 Å². The van der Waals surface area contributed by atoms with Gasteiger partial charge in [-0.2, -0.15) is 4.98 Å². The van der Waals surface area contributed by atoms with Crippen LogP contribution < -0.4 is 5.73 Å². The van der Waals surface area contributed by atoms with Crippen molar-refractivity contribution in [2.45, 2.75) is 51.6 Å². The van der Waals surface area contributed by atoms with E-state index in [1.165, 1.54) is 19.3 Å². The summed E-state index contributed by atoms with van der Waals surface area (Å²) in [7, 11) is 0. The van der Waals surface area contributed by atoms with Gasteiger partial charge in [0.1, 0.15) is 0 Å². The zero-order valence-corrected chi connectivity index (χ0v) is 10.7. The summed E-state index contributed by atoms with van der Waals surface area (Å²) in [5.41, 5.74) is 5.79. The molecule has 0 aliphatic carbocycles. The first kappa shape index (κ1) is 12.5. The van der Waals surface area contributed by atoms with Crippen LogP contribution >= 0.6 is 0 Å². The zero-order valence-electron chi connectivity index (χ0n) is 10.7. The standard InChI is InChI=1S/C12H22N4O/c1-9(2)12-14-11(15-17-12)8-16-6-4-3-5-10(16)7-13/h9-10H,3-8,13H2,1-2H3. The number of nitrogens with two attached hydrogens (primary N) is 1. The van der Waals surface area contributed by atoms with E-state index in [-0.39, 0.29) is 0 Å². The quantitative estimate of drug-likeness (QED) is 0.861. The molecule has 0 aromatic carbocycles. The SMILES string of the molecule is CC(C)c1nc(CN2CCCCC2CN)no1. The Morgan fingerprint density at radius 2 is 2.29 bits per heavy atom. The number of rotatable bonds is 4. The molecule has 1 saturated heterocycles. The molecule has 2 N–H and O–H groups in total. The number of hydrogen-bond donors (Lipinski definition) is 1. The molecule has 96 valence electrons. The van der Waals surface area contributed by atoms with E-state index in [2.05, 4.69) is 28.9 Å². The van der Waals surface area contributed by atoms with Gasteiger partial charge in [0.05, 0.1) is 6.54 Å². The molecule has 17 heavy (non-hydrogen) atoms. The Hall–Kier alpha value is -0.940. The van der Waals surface area contributed by atoms with E-state index in [1.54, 1.807) is 0 Å². The number of aromatic nitrogens is 2. The van der Waals surface area contributed by atoms with Crippen molar-refractivity contribution in [1.29, 1.82) is 0 Å². The number of likely N-dealkylation sites (tertiary alicyclic amines) is 1. The van der Waals surface area contributed by atoms with Crippen LogP contribution in [-0.2, 0) is 6.54 Å². The van der Waals surface area contributed by atoms with Crippen LogP contribution in [0.1, 0.15) is 50.7 Å². The molecule has 1 aliphatic heterocycles. The molecule has 1 aromatic rings. The molecule has 0 spiro atoms. The van der Waals surface area contributed by atoms with Crippen molar-refractivity contribution in [3.8, 4) is 0 Å². The molecule has 0 radical (unpaired) electrons. The van der Waals surface area contributed by atoms with Gasteiger partial charge in [0.15, 0.2) is 5.82 Å². The minimum atomic E-state index is 0.294. The summed E-state index contributed by atoms with van der Waals surface area (Å²) in [5.74, 6) is 1.80. The number of hydrogen-bond acceptors (Lipinski definition) is 5. The summed E-state index contributed by atoms with van der Waals surface area (Å²) in [5, 5.41) is 4.03. The molecule has 5 heteroatoms. The van der Waals surface area contributed by atoms with E-state index < -0.39 is 0 Å². The van der Waals surface area contributed by atoms with Gasteiger partial charge in [-0.3, -0.25) is 4.90 Å². The monoisotopic (exact) mass is 238 g/mol. The first-order valence-electron chi connectivity index (χ1n) is 6.47. The third kappa shape index (κ3) is 3.04. The van der Waals surface area contributed by atoms with Crippen molar-refractivity contribution in [1.82, 2.24) is 15.0 Å². The summed E-state index contributed by atoms with van der Waals surface area (Å²) >= 11 is 0. The molecular weight excluding hydrogens is 216 g/mol. The predicted octanol–water partition coefficient (Wildman–Crippen LogP) is 1.51.